The highest BCUT2D eigenvalue weighted by atomic mass is 16.3. The van der Waals surface area contributed by atoms with E-state index in [1.54, 1.807) is 6.08 Å². The van der Waals surface area contributed by atoms with Crippen molar-refractivity contribution in [2.24, 2.45) is 0 Å². The second-order valence-electron chi connectivity index (χ2n) is 2.39. The fraction of sp³-hybridized carbons (Fsp3) is 0.0909. The van der Waals surface area contributed by atoms with E-state index in [4.69, 9.17) is 11.5 Å². The predicted molar refractivity (Wildman–Crippen MR) is 50.4 cm³/mol. The Morgan fingerprint density at radius 1 is 1.58 bits per heavy atom. The monoisotopic (exact) mass is 158 g/mol. The zero-order valence-electron chi connectivity index (χ0n) is 6.75. The van der Waals surface area contributed by atoms with Crippen LogP contribution in [0.3, 0.4) is 0 Å². The van der Waals surface area contributed by atoms with E-state index in [1.807, 2.05) is 18.2 Å². The SMILES string of the molecule is C#Cc1c(C=C)cccc1CO. The van der Waals surface area contributed by atoms with Crippen LogP contribution in [0.15, 0.2) is 24.8 Å². The van der Waals surface area contributed by atoms with E-state index < -0.39 is 0 Å². The van der Waals surface area contributed by atoms with E-state index >= 15 is 0 Å². The third kappa shape index (κ3) is 1.39. The molecule has 0 aliphatic rings. The van der Waals surface area contributed by atoms with Crippen molar-refractivity contribution >= 4 is 6.08 Å². The van der Waals surface area contributed by atoms with Crippen LogP contribution < -0.4 is 0 Å². The summed E-state index contributed by atoms with van der Waals surface area (Å²) in [6.45, 7) is 3.61. The molecule has 0 aromatic heterocycles. The molecule has 0 aliphatic carbocycles. The Balaban J connectivity index is 3.34. The van der Waals surface area contributed by atoms with Gasteiger partial charge in [-0.1, -0.05) is 36.8 Å². The van der Waals surface area contributed by atoms with Crippen molar-refractivity contribution in [1.29, 1.82) is 0 Å². The molecule has 1 nitrogen and oxygen atoms in total. The maximum Gasteiger partial charge on any atom is 0.0694 e. The molecule has 0 spiro atoms. The van der Waals surface area contributed by atoms with Gasteiger partial charge in [0, 0.05) is 5.56 Å². The highest BCUT2D eigenvalue weighted by molar-refractivity contribution is 5.60. The van der Waals surface area contributed by atoms with Crippen LogP contribution in [0.5, 0.6) is 0 Å². The van der Waals surface area contributed by atoms with Crippen molar-refractivity contribution in [2.45, 2.75) is 6.61 Å². The molecule has 1 rings (SSSR count). The van der Waals surface area contributed by atoms with Gasteiger partial charge in [0.25, 0.3) is 0 Å². The third-order valence-corrected chi connectivity index (χ3v) is 1.72. The number of aliphatic hydroxyl groups is 1. The van der Waals surface area contributed by atoms with Crippen LogP contribution in [-0.4, -0.2) is 5.11 Å². The molecule has 0 aliphatic heterocycles. The summed E-state index contributed by atoms with van der Waals surface area (Å²) in [6.07, 6.45) is 6.98. The fourth-order valence-corrected chi connectivity index (χ4v) is 1.10. The van der Waals surface area contributed by atoms with Gasteiger partial charge in [-0.3, -0.25) is 0 Å². The molecule has 0 bridgehead atoms. The van der Waals surface area contributed by atoms with Crippen molar-refractivity contribution < 1.29 is 5.11 Å². The molecule has 60 valence electrons. The molecule has 0 amide bonds. The van der Waals surface area contributed by atoms with Gasteiger partial charge in [0.15, 0.2) is 0 Å². The Morgan fingerprint density at radius 2 is 2.33 bits per heavy atom. The predicted octanol–water partition coefficient (Wildman–Crippen LogP) is 1.80. The minimum Gasteiger partial charge on any atom is -0.392 e. The zero-order chi connectivity index (χ0) is 8.97. The van der Waals surface area contributed by atoms with E-state index in [-0.39, 0.29) is 6.61 Å². The zero-order valence-corrected chi connectivity index (χ0v) is 6.75. The van der Waals surface area contributed by atoms with Crippen molar-refractivity contribution in [3.05, 3.63) is 41.5 Å². The maximum absolute atomic E-state index is 8.94. The molecule has 0 heterocycles. The standard InChI is InChI=1S/C11H10O/c1-3-9-6-5-7-10(8-12)11(9)4-2/h2-3,5-7,12H,1,8H2. The smallest absolute Gasteiger partial charge is 0.0694 e. The average Bonchev–Trinajstić information content (AvgIpc) is 2.16. The molecule has 0 fully saturated rings. The van der Waals surface area contributed by atoms with E-state index in [0.29, 0.717) is 0 Å². The summed E-state index contributed by atoms with van der Waals surface area (Å²) in [4.78, 5) is 0. The Kier molecular flexibility index (Phi) is 2.68. The van der Waals surface area contributed by atoms with Crippen molar-refractivity contribution in [3.63, 3.8) is 0 Å². The summed E-state index contributed by atoms with van der Waals surface area (Å²) in [5.74, 6) is 2.53. The lowest BCUT2D eigenvalue weighted by Crippen LogP contribution is -1.91. The first-order valence-electron chi connectivity index (χ1n) is 3.65. The van der Waals surface area contributed by atoms with Crippen molar-refractivity contribution in [3.8, 4) is 12.3 Å². The molecule has 0 saturated heterocycles. The highest BCUT2D eigenvalue weighted by Crippen LogP contribution is 2.14. The van der Waals surface area contributed by atoms with Gasteiger partial charge < -0.3 is 5.11 Å². The van der Waals surface area contributed by atoms with Crippen molar-refractivity contribution in [1.82, 2.24) is 0 Å². The lowest BCUT2D eigenvalue weighted by Gasteiger charge is -2.03. The average molecular weight is 158 g/mol. The lowest BCUT2D eigenvalue weighted by atomic mass is 10.0. The van der Waals surface area contributed by atoms with Crippen LogP contribution in [0.4, 0.5) is 0 Å². The molecule has 1 aromatic rings. The number of hydrogen-bond donors (Lipinski definition) is 1. The molecule has 0 radical (unpaired) electrons. The number of benzene rings is 1. The van der Waals surface area contributed by atoms with E-state index in [1.165, 1.54) is 0 Å². The van der Waals surface area contributed by atoms with E-state index in [2.05, 4.69) is 12.5 Å². The van der Waals surface area contributed by atoms with Crippen molar-refractivity contribution in [2.75, 3.05) is 0 Å². The first-order valence-corrected chi connectivity index (χ1v) is 3.65. The minimum absolute atomic E-state index is 0.0266. The number of hydrogen-bond acceptors (Lipinski definition) is 1. The molecule has 0 atom stereocenters. The number of rotatable bonds is 2. The number of terminal acetylenes is 1. The van der Waals surface area contributed by atoms with Gasteiger partial charge >= 0.3 is 0 Å². The molecule has 0 unspecified atom stereocenters. The Morgan fingerprint density at radius 3 is 2.83 bits per heavy atom. The normalized spacial score (nSPS) is 9.00. The Bertz CT molecular complexity index is 331. The minimum atomic E-state index is -0.0266. The van der Waals surface area contributed by atoms with Gasteiger partial charge in [-0.05, 0) is 11.1 Å². The van der Waals surface area contributed by atoms with Gasteiger partial charge in [0.05, 0.1) is 6.61 Å². The first kappa shape index (κ1) is 8.58. The number of aliphatic hydroxyl groups excluding tert-OH is 1. The highest BCUT2D eigenvalue weighted by Gasteiger charge is 2.01. The fourth-order valence-electron chi connectivity index (χ4n) is 1.10. The summed E-state index contributed by atoms with van der Waals surface area (Å²) in [5, 5.41) is 8.94. The summed E-state index contributed by atoms with van der Waals surface area (Å²) in [6, 6.07) is 5.53. The first-order chi connectivity index (χ1) is 5.83. The van der Waals surface area contributed by atoms with Crippen LogP contribution in [0.1, 0.15) is 16.7 Å². The van der Waals surface area contributed by atoms with Gasteiger partial charge in [-0.25, -0.2) is 0 Å². The third-order valence-electron chi connectivity index (χ3n) is 1.72. The van der Waals surface area contributed by atoms with Crippen LogP contribution in [-0.2, 0) is 6.61 Å². The summed E-state index contributed by atoms with van der Waals surface area (Å²) < 4.78 is 0. The summed E-state index contributed by atoms with van der Waals surface area (Å²) in [7, 11) is 0. The topological polar surface area (TPSA) is 20.2 Å². The second-order valence-corrected chi connectivity index (χ2v) is 2.39. The molecule has 1 heteroatoms. The van der Waals surface area contributed by atoms with E-state index in [0.717, 1.165) is 16.7 Å². The van der Waals surface area contributed by atoms with Crippen LogP contribution in [0, 0.1) is 12.3 Å². The molecule has 1 aromatic carbocycles. The molecule has 12 heavy (non-hydrogen) atoms. The van der Waals surface area contributed by atoms with Crippen LogP contribution in [0.25, 0.3) is 6.08 Å². The quantitative estimate of drug-likeness (QED) is 0.651. The van der Waals surface area contributed by atoms with Gasteiger partial charge in [0.1, 0.15) is 0 Å². The largest absolute Gasteiger partial charge is 0.392 e. The van der Waals surface area contributed by atoms with Gasteiger partial charge in [0.2, 0.25) is 0 Å². The summed E-state index contributed by atoms with van der Waals surface area (Å²) in [5.41, 5.74) is 2.40. The Hall–Kier alpha value is -1.52. The molecule has 1 N–H and O–H groups in total. The van der Waals surface area contributed by atoms with E-state index in [9.17, 15) is 0 Å². The van der Waals surface area contributed by atoms with Crippen LogP contribution in [0.2, 0.25) is 0 Å². The molecular formula is C11H10O. The van der Waals surface area contributed by atoms with Gasteiger partial charge in [-0.15, -0.1) is 6.42 Å². The molecular weight excluding hydrogens is 148 g/mol. The summed E-state index contributed by atoms with van der Waals surface area (Å²) >= 11 is 0. The Labute approximate surface area is 72.4 Å². The maximum atomic E-state index is 8.94. The molecule has 0 saturated carbocycles. The lowest BCUT2D eigenvalue weighted by molar-refractivity contribution is 0.281. The van der Waals surface area contributed by atoms with Gasteiger partial charge in [-0.2, -0.15) is 0 Å². The van der Waals surface area contributed by atoms with Crippen LogP contribution >= 0.6 is 0 Å². The second kappa shape index (κ2) is 3.75.